The number of imide groups is 1. The summed E-state index contributed by atoms with van der Waals surface area (Å²) in [5.41, 5.74) is 0. The zero-order valence-corrected chi connectivity index (χ0v) is 4.81. The van der Waals surface area contributed by atoms with Crippen molar-refractivity contribution in [3.05, 3.63) is 0 Å². The fourth-order valence-electron chi connectivity index (χ4n) is 0.146. The van der Waals surface area contributed by atoms with Crippen LogP contribution in [0.15, 0.2) is 0 Å². The summed E-state index contributed by atoms with van der Waals surface area (Å²) in [4.78, 5) is 29.3. The lowest BCUT2D eigenvalue weighted by molar-refractivity contribution is -0.132. The number of halogens is 1. The Bertz CT molecular complexity index is 165. The first kappa shape index (κ1) is 7.90. The molecule has 2 N–H and O–H groups in total. The van der Waals surface area contributed by atoms with Gasteiger partial charge in [0.05, 0.1) is 0 Å². The van der Waals surface area contributed by atoms with Crippen LogP contribution in [-0.2, 0) is 9.59 Å². The van der Waals surface area contributed by atoms with Crippen molar-refractivity contribution >= 4 is 28.8 Å². The summed E-state index contributed by atoms with van der Waals surface area (Å²) in [6, 6.07) is 0. The molecule has 0 aliphatic rings. The third-order valence-electron chi connectivity index (χ3n) is 0.399. The summed E-state index contributed by atoms with van der Waals surface area (Å²) in [7, 11) is 0. The number of carbonyl (C=O) groups is 3. The lowest BCUT2D eigenvalue weighted by Gasteiger charge is -1.89. The molecule has 5 nitrogen and oxygen atoms in total. The molecule has 0 aromatic rings. The second-order valence-corrected chi connectivity index (χ2v) is 1.38. The van der Waals surface area contributed by atoms with Crippen molar-refractivity contribution in [2.24, 2.45) is 0 Å². The Morgan fingerprint density at radius 1 is 1.33 bits per heavy atom. The van der Waals surface area contributed by atoms with E-state index in [4.69, 9.17) is 5.11 Å². The largest absolute Gasteiger partial charge is 0.465 e. The van der Waals surface area contributed by atoms with E-state index in [1.807, 2.05) is 0 Å². The summed E-state index contributed by atoms with van der Waals surface area (Å²) in [5.74, 6) is -1.34. The molecule has 0 unspecified atom stereocenters. The maximum absolute atomic E-state index is 9.98. The van der Waals surface area contributed by atoms with E-state index in [0.717, 1.165) is 0 Å². The first-order valence-electron chi connectivity index (χ1n) is 1.77. The molecule has 9 heavy (non-hydrogen) atoms. The molecule has 0 saturated heterocycles. The molecule has 50 valence electrons. The maximum atomic E-state index is 9.98. The molecule has 0 aromatic carbocycles. The SMILES string of the molecule is O=C(O)NC(=O)C(=O)Cl. The Morgan fingerprint density at radius 2 is 1.78 bits per heavy atom. The van der Waals surface area contributed by atoms with Gasteiger partial charge in [-0.25, -0.2) is 4.79 Å². The van der Waals surface area contributed by atoms with Gasteiger partial charge in [-0.15, -0.1) is 0 Å². The van der Waals surface area contributed by atoms with Crippen LogP contribution in [-0.4, -0.2) is 22.3 Å². The zero-order chi connectivity index (χ0) is 7.44. The summed E-state index contributed by atoms with van der Waals surface area (Å²) < 4.78 is 0. The number of nitrogens with one attached hydrogen (secondary N) is 1. The molecule has 0 bridgehead atoms. The molecule has 0 rings (SSSR count). The molecule has 2 amide bonds. The fourth-order valence-corrected chi connectivity index (χ4v) is 0.194. The Morgan fingerprint density at radius 3 is 1.89 bits per heavy atom. The van der Waals surface area contributed by atoms with E-state index in [-0.39, 0.29) is 0 Å². The van der Waals surface area contributed by atoms with E-state index in [1.54, 1.807) is 0 Å². The molecule has 0 saturated carbocycles. The van der Waals surface area contributed by atoms with Crippen LogP contribution in [0.2, 0.25) is 0 Å². The van der Waals surface area contributed by atoms with E-state index in [9.17, 15) is 14.4 Å². The van der Waals surface area contributed by atoms with E-state index in [0.29, 0.717) is 0 Å². The number of amides is 2. The molecule has 0 aliphatic heterocycles. The second kappa shape index (κ2) is 3.03. The molecular formula is C3H2ClNO4. The third kappa shape index (κ3) is 3.48. The first-order chi connectivity index (χ1) is 4.04. The van der Waals surface area contributed by atoms with Gasteiger partial charge in [-0.1, -0.05) is 0 Å². The van der Waals surface area contributed by atoms with Gasteiger partial charge in [0.1, 0.15) is 0 Å². The molecule has 0 aromatic heterocycles. The molecule has 0 aliphatic carbocycles. The van der Waals surface area contributed by atoms with Gasteiger partial charge in [-0.05, 0) is 11.6 Å². The minimum atomic E-state index is -1.60. The highest BCUT2D eigenvalue weighted by Crippen LogP contribution is 1.77. The second-order valence-electron chi connectivity index (χ2n) is 1.03. The van der Waals surface area contributed by atoms with Gasteiger partial charge >= 0.3 is 17.2 Å². The van der Waals surface area contributed by atoms with Crippen molar-refractivity contribution in [2.75, 3.05) is 0 Å². The van der Waals surface area contributed by atoms with Crippen LogP contribution in [0, 0.1) is 0 Å². The first-order valence-corrected chi connectivity index (χ1v) is 2.15. The average Bonchev–Trinajstić information content (AvgIpc) is 1.63. The van der Waals surface area contributed by atoms with Gasteiger partial charge in [-0.2, -0.15) is 0 Å². The standard InChI is InChI=1S/C3H2ClNO4/c4-1(6)2(7)5-3(8)9/h(H,5,7)(H,8,9). The predicted molar refractivity (Wildman–Crippen MR) is 27.0 cm³/mol. The number of rotatable bonds is 1. The molecule has 6 heteroatoms. The lowest BCUT2D eigenvalue weighted by atomic mass is 10.7. The van der Waals surface area contributed by atoms with Crippen molar-refractivity contribution in [2.45, 2.75) is 0 Å². The summed E-state index contributed by atoms with van der Waals surface area (Å²) in [5, 5.41) is 7.68. The maximum Gasteiger partial charge on any atom is 0.411 e. The van der Waals surface area contributed by atoms with Crippen molar-refractivity contribution in [1.82, 2.24) is 5.32 Å². The Kier molecular flexibility index (Phi) is 2.66. The fraction of sp³-hybridized carbons (Fsp3) is 0. The van der Waals surface area contributed by atoms with E-state index in [1.165, 1.54) is 5.32 Å². The average molecular weight is 152 g/mol. The highest BCUT2D eigenvalue weighted by Gasteiger charge is 2.11. The topological polar surface area (TPSA) is 83.5 Å². The zero-order valence-electron chi connectivity index (χ0n) is 4.05. The van der Waals surface area contributed by atoms with Gasteiger partial charge in [0.25, 0.3) is 0 Å². The Balaban J connectivity index is 3.79. The van der Waals surface area contributed by atoms with E-state index < -0.39 is 17.2 Å². The molecular weight excluding hydrogens is 149 g/mol. The highest BCUT2D eigenvalue weighted by atomic mass is 35.5. The molecule has 0 heterocycles. The summed E-state index contributed by atoms with van der Waals surface area (Å²) in [6.07, 6.45) is -1.60. The highest BCUT2D eigenvalue weighted by molar-refractivity contribution is 6.81. The van der Waals surface area contributed by atoms with Crippen LogP contribution in [0.3, 0.4) is 0 Å². The van der Waals surface area contributed by atoms with Crippen LogP contribution >= 0.6 is 11.6 Å². The van der Waals surface area contributed by atoms with Crippen LogP contribution in [0.1, 0.15) is 0 Å². The lowest BCUT2D eigenvalue weighted by Crippen LogP contribution is -2.32. The number of carboxylic acid groups (broad SMARTS) is 1. The van der Waals surface area contributed by atoms with Crippen LogP contribution < -0.4 is 5.32 Å². The number of carbonyl (C=O) groups excluding carboxylic acids is 2. The normalized spacial score (nSPS) is 8.11. The van der Waals surface area contributed by atoms with Crippen LogP contribution in [0.5, 0.6) is 0 Å². The van der Waals surface area contributed by atoms with Gasteiger partial charge in [0, 0.05) is 0 Å². The minimum Gasteiger partial charge on any atom is -0.465 e. The summed E-state index contributed by atoms with van der Waals surface area (Å²) in [6.45, 7) is 0. The smallest absolute Gasteiger partial charge is 0.411 e. The minimum absolute atomic E-state index is 1.24. The molecule has 0 radical (unpaired) electrons. The van der Waals surface area contributed by atoms with E-state index in [2.05, 4.69) is 11.6 Å². The van der Waals surface area contributed by atoms with Crippen molar-refractivity contribution < 1.29 is 19.5 Å². The van der Waals surface area contributed by atoms with E-state index >= 15 is 0 Å². The monoisotopic (exact) mass is 151 g/mol. The third-order valence-corrected chi connectivity index (χ3v) is 0.571. The molecule has 0 spiro atoms. The van der Waals surface area contributed by atoms with Gasteiger partial charge in [0.15, 0.2) is 0 Å². The van der Waals surface area contributed by atoms with Crippen molar-refractivity contribution in [3.63, 3.8) is 0 Å². The number of hydrogen-bond donors (Lipinski definition) is 2. The Hall–Kier alpha value is -1.10. The van der Waals surface area contributed by atoms with Gasteiger partial charge < -0.3 is 5.11 Å². The predicted octanol–water partition coefficient (Wildman–Crippen LogP) is -0.454. The quantitative estimate of drug-likeness (QED) is 0.393. The van der Waals surface area contributed by atoms with Crippen LogP contribution in [0.4, 0.5) is 4.79 Å². The molecule has 0 atom stereocenters. The van der Waals surface area contributed by atoms with Crippen LogP contribution in [0.25, 0.3) is 0 Å². The van der Waals surface area contributed by atoms with Gasteiger partial charge in [0.2, 0.25) is 0 Å². The summed E-state index contributed by atoms with van der Waals surface area (Å²) >= 11 is 4.56. The number of hydrogen-bond acceptors (Lipinski definition) is 3. The van der Waals surface area contributed by atoms with Gasteiger partial charge in [-0.3, -0.25) is 14.9 Å². The van der Waals surface area contributed by atoms with Crippen molar-refractivity contribution in [1.29, 1.82) is 0 Å². The van der Waals surface area contributed by atoms with Crippen molar-refractivity contribution in [3.8, 4) is 0 Å². The molecule has 0 fully saturated rings. The Labute approximate surface area is 54.6 Å².